The quantitative estimate of drug-likeness (QED) is 0.511. The molecule has 0 saturated heterocycles. The maximum atomic E-state index is 11.9. The third-order valence-electron chi connectivity index (χ3n) is 2.98. The molecule has 0 fully saturated rings. The zero-order valence-electron chi connectivity index (χ0n) is 12.0. The van der Waals surface area contributed by atoms with Crippen molar-refractivity contribution in [1.82, 2.24) is 0 Å². The molecule has 2 amide bonds. The Hall–Kier alpha value is -2.93. The Bertz CT molecular complexity index is 775. The highest BCUT2D eigenvalue weighted by Gasteiger charge is 2.15. The molecular formula is C15H12ClN3O4. The average molecular weight is 334 g/mol. The molecule has 0 aliphatic heterocycles. The van der Waals surface area contributed by atoms with Gasteiger partial charge in [-0.25, -0.2) is 0 Å². The van der Waals surface area contributed by atoms with Crippen molar-refractivity contribution in [2.24, 2.45) is 0 Å². The van der Waals surface area contributed by atoms with Gasteiger partial charge in [-0.3, -0.25) is 19.7 Å². The second kappa shape index (κ2) is 6.89. The minimum atomic E-state index is -0.881. The minimum absolute atomic E-state index is 0.107. The minimum Gasteiger partial charge on any atom is -0.318 e. The Morgan fingerprint density at radius 1 is 1.04 bits per heavy atom. The van der Waals surface area contributed by atoms with E-state index in [9.17, 15) is 19.7 Å². The summed E-state index contributed by atoms with van der Waals surface area (Å²) in [6.07, 6.45) is 0. The summed E-state index contributed by atoms with van der Waals surface area (Å²) in [5, 5.41) is 15.9. The summed E-state index contributed by atoms with van der Waals surface area (Å²) >= 11 is 5.82. The van der Waals surface area contributed by atoms with Crippen molar-refractivity contribution in [2.75, 3.05) is 10.6 Å². The van der Waals surface area contributed by atoms with Gasteiger partial charge in [-0.05, 0) is 42.8 Å². The van der Waals surface area contributed by atoms with Crippen LogP contribution in [0.25, 0.3) is 0 Å². The topological polar surface area (TPSA) is 101 Å². The van der Waals surface area contributed by atoms with Crippen molar-refractivity contribution in [3.05, 3.63) is 63.2 Å². The molecule has 2 rings (SSSR count). The Morgan fingerprint density at radius 3 is 2.22 bits per heavy atom. The Morgan fingerprint density at radius 2 is 1.65 bits per heavy atom. The van der Waals surface area contributed by atoms with Gasteiger partial charge in [0.1, 0.15) is 0 Å². The van der Waals surface area contributed by atoms with E-state index >= 15 is 0 Å². The van der Waals surface area contributed by atoms with Crippen LogP contribution in [0.15, 0.2) is 42.5 Å². The number of amides is 2. The fourth-order valence-electron chi connectivity index (χ4n) is 1.80. The molecule has 0 atom stereocenters. The predicted octanol–water partition coefficient (Wildman–Crippen LogP) is 3.13. The molecule has 0 heterocycles. The van der Waals surface area contributed by atoms with Gasteiger partial charge in [-0.1, -0.05) is 11.6 Å². The molecule has 23 heavy (non-hydrogen) atoms. The molecule has 0 aromatic heterocycles. The number of carbonyl (C=O) groups is 2. The van der Waals surface area contributed by atoms with Crippen molar-refractivity contribution < 1.29 is 14.5 Å². The van der Waals surface area contributed by atoms with Gasteiger partial charge < -0.3 is 10.6 Å². The maximum Gasteiger partial charge on any atom is 0.314 e. The molecule has 0 aliphatic rings. The third kappa shape index (κ3) is 4.27. The summed E-state index contributed by atoms with van der Waals surface area (Å²) in [6.45, 7) is 1.75. The van der Waals surface area contributed by atoms with Gasteiger partial charge in [-0.15, -0.1) is 0 Å². The molecule has 8 heteroatoms. The zero-order valence-corrected chi connectivity index (χ0v) is 12.8. The van der Waals surface area contributed by atoms with Crippen molar-refractivity contribution in [1.29, 1.82) is 0 Å². The van der Waals surface area contributed by atoms with Crippen LogP contribution in [0.4, 0.5) is 17.1 Å². The number of aryl methyl sites for hydroxylation is 1. The lowest BCUT2D eigenvalue weighted by atomic mass is 10.2. The van der Waals surface area contributed by atoms with E-state index in [1.165, 1.54) is 24.3 Å². The molecule has 118 valence electrons. The lowest BCUT2D eigenvalue weighted by molar-refractivity contribution is -0.384. The van der Waals surface area contributed by atoms with E-state index in [1.54, 1.807) is 25.1 Å². The van der Waals surface area contributed by atoms with Gasteiger partial charge >= 0.3 is 11.8 Å². The van der Waals surface area contributed by atoms with Crippen LogP contribution in [0.5, 0.6) is 0 Å². The lowest BCUT2D eigenvalue weighted by Gasteiger charge is -2.09. The molecule has 2 aromatic rings. The van der Waals surface area contributed by atoms with Gasteiger partial charge in [0.15, 0.2) is 0 Å². The Balaban J connectivity index is 2.02. The van der Waals surface area contributed by atoms with Crippen LogP contribution >= 0.6 is 11.6 Å². The van der Waals surface area contributed by atoms with Gasteiger partial charge in [-0.2, -0.15) is 0 Å². The summed E-state index contributed by atoms with van der Waals surface area (Å²) < 4.78 is 0. The number of non-ortho nitro benzene ring substituents is 1. The molecule has 2 N–H and O–H groups in total. The fourth-order valence-corrected chi connectivity index (χ4v) is 2.03. The van der Waals surface area contributed by atoms with Gasteiger partial charge in [0.2, 0.25) is 0 Å². The summed E-state index contributed by atoms with van der Waals surface area (Å²) in [4.78, 5) is 33.7. The van der Waals surface area contributed by atoms with E-state index in [-0.39, 0.29) is 11.4 Å². The summed E-state index contributed by atoms with van der Waals surface area (Å²) in [7, 11) is 0. The fraction of sp³-hybridized carbons (Fsp3) is 0.0667. The van der Waals surface area contributed by atoms with Gasteiger partial charge in [0, 0.05) is 28.5 Å². The number of hydrogen-bond acceptors (Lipinski definition) is 4. The summed E-state index contributed by atoms with van der Waals surface area (Å²) in [5.41, 5.74) is 1.36. The van der Waals surface area contributed by atoms with E-state index in [0.717, 1.165) is 0 Å². The van der Waals surface area contributed by atoms with E-state index in [2.05, 4.69) is 10.6 Å². The van der Waals surface area contributed by atoms with E-state index in [1.807, 2.05) is 0 Å². The molecule has 0 aliphatic carbocycles. The molecule has 0 spiro atoms. The predicted molar refractivity (Wildman–Crippen MR) is 86.5 cm³/mol. The molecule has 0 saturated carbocycles. The lowest BCUT2D eigenvalue weighted by Crippen LogP contribution is -2.29. The van der Waals surface area contributed by atoms with Crippen LogP contribution in [-0.2, 0) is 9.59 Å². The number of nitrogens with zero attached hydrogens (tertiary/aromatic N) is 1. The highest BCUT2D eigenvalue weighted by molar-refractivity contribution is 6.43. The highest BCUT2D eigenvalue weighted by Crippen LogP contribution is 2.20. The number of rotatable bonds is 3. The van der Waals surface area contributed by atoms with Crippen molar-refractivity contribution >= 4 is 40.5 Å². The second-order valence-corrected chi connectivity index (χ2v) is 5.11. The smallest absolute Gasteiger partial charge is 0.314 e. The van der Waals surface area contributed by atoms with Crippen molar-refractivity contribution in [3.8, 4) is 0 Å². The zero-order chi connectivity index (χ0) is 17.0. The van der Waals surface area contributed by atoms with Crippen LogP contribution in [0.2, 0.25) is 5.02 Å². The Kier molecular flexibility index (Phi) is 4.92. The first-order valence-corrected chi connectivity index (χ1v) is 6.87. The number of carbonyl (C=O) groups excluding carboxylic acids is 2. The van der Waals surface area contributed by atoms with Crippen LogP contribution in [0.1, 0.15) is 5.56 Å². The first kappa shape index (κ1) is 16.4. The van der Waals surface area contributed by atoms with E-state index in [4.69, 9.17) is 11.6 Å². The highest BCUT2D eigenvalue weighted by atomic mass is 35.5. The van der Waals surface area contributed by atoms with E-state index in [0.29, 0.717) is 16.3 Å². The van der Waals surface area contributed by atoms with Crippen LogP contribution in [0.3, 0.4) is 0 Å². The van der Waals surface area contributed by atoms with E-state index < -0.39 is 16.7 Å². The second-order valence-electron chi connectivity index (χ2n) is 4.67. The summed E-state index contributed by atoms with van der Waals surface area (Å²) in [6, 6.07) is 10.00. The normalized spacial score (nSPS) is 10.0. The maximum absolute atomic E-state index is 11.9. The van der Waals surface area contributed by atoms with Crippen molar-refractivity contribution in [2.45, 2.75) is 6.92 Å². The Labute approximate surface area is 136 Å². The van der Waals surface area contributed by atoms with Crippen LogP contribution in [-0.4, -0.2) is 16.7 Å². The number of nitro groups is 1. The molecule has 0 bridgehead atoms. The first-order chi connectivity index (χ1) is 10.9. The number of nitro benzene ring substituents is 1. The molecule has 2 aromatic carbocycles. The number of nitrogens with one attached hydrogen (secondary N) is 2. The molecular weight excluding hydrogens is 322 g/mol. The number of benzene rings is 2. The standard InChI is InChI=1S/C15H12ClN3O4/c1-9-8-10(16)2-7-13(9)18-15(21)14(20)17-11-3-5-12(6-4-11)19(22)23/h2-8H,1H3,(H,17,20)(H,18,21). The number of hydrogen-bond donors (Lipinski definition) is 2. The average Bonchev–Trinajstić information content (AvgIpc) is 2.50. The largest absolute Gasteiger partial charge is 0.318 e. The van der Waals surface area contributed by atoms with Crippen molar-refractivity contribution in [3.63, 3.8) is 0 Å². The summed E-state index contributed by atoms with van der Waals surface area (Å²) in [5.74, 6) is -1.73. The first-order valence-electron chi connectivity index (χ1n) is 6.50. The van der Waals surface area contributed by atoms with Gasteiger partial charge in [0.25, 0.3) is 5.69 Å². The third-order valence-corrected chi connectivity index (χ3v) is 3.21. The van der Waals surface area contributed by atoms with Crippen LogP contribution < -0.4 is 10.6 Å². The molecule has 0 radical (unpaired) electrons. The molecule has 0 unspecified atom stereocenters. The molecule has 7 nitrogen and oxygen atoms in total. The number of halogens is 1. The van der Waals surface area contributed by atoms with Gasteiger partial charge in [0.05, 0.1) is 4.92 Å². The SMILES string of the molecule is Cc1cc(Cl)ccc1NC(=O)C(=O)Nc1ccc([N+](=O)[O-])cc1. The number of anilines is 2. The van der Waals surface area contributed by atoms with Crippen LogP contribution in [0, 0.1) is 17.0 Å². The monoisotopic (exact) mass is 333 g/mol.